The summed E-state index contributed by atoms with van der Waals surface area (Å²) in [6.45, 7) is 0. The maximum atomic E-state index is 2.35. The lowest BCUT2D eigenvalue weighted by Crippen LogP contribution is -1.82. The molecule has 0 aromatic heterocycles. The molecular formula is C28H12. The highest BCUT2D eigenvalue weighted by Crippen LogP contribution is 2.56. The molecule has 124 valence electrons. The van der Waals surface area contributed by atoms with Gasteiger partial charge in [0, 0.05) is 0 Å². The fourth-order valence-electron chi connectivity index (χ4n) is 6.49. The minimum atomic E-state index is 1.36. The van der Waals surface area contributed by atoms with E-state index in [1.807, 2.05) is 0 Å². The van der Waals surface area contributed by atoms with Crippen LogP contribution in [0.5, 0.6) is 0 Å². The molecule has 0 atom stereocenters. The van der Waals surface area contributed by atoms with E-state index in [4.69, 9.17) is 0 Å². The lowest BCUT2D eigenvalue weighted by molar-refractivity contribution is 1.86. The first-order valence-corrected chi connectivity index (χ1v) is 9.97. The summed E-state index contributed by atoms with van der Waals surface area (Å²) >= 11 is 0. The van der Waals surface area contributed by atoms with E-state index in [0.29, 0.717) is 0 Å². The van der Waals surface area contributed by atoms with Crippen molar-refractivity contribution < 1.29 is 0 Å². The highest BCUT2D eigenvalue weighted by molar-refractivity contribution is 6.56. The smallest absolute Gasteiger partial charge is 0.0000491 e. The minimum absolute atomic E-state index is 1.36. The van der Waals surface area contributed by atoms with E-state index >= 15 is 0 Å². The molecule has 0 fully saturated rings. The number of benzene rings is 7. The molecule has 0 saturated heterocycles. The summed E-state index contributed by atoms with van der Waals surface area (Å²) in [6, 6.07) is 27.7. The molecule has 9 rings (SSSR count). The van der Waals surface area contributed by atoms with Crippen molar-refractivity contribution in [1.82, 2.24) is 0 Å². The van der Waals surface area contributed by atoms with Gasteiger partial charge in [-0.3, -0.25) is 0 Å². The van der Waals surface area contributed by atoms with Crippen LogP contribution < -0.4 is 0 Å². The molecule has 9 aromatic carbocycles. The molecule has 0 aliphatic heterocycles. The topological polar surface area (TPSA) is 0 Å². The summed E-state index contributed by atoms with van der Waals surface area (Å²) in [7, 11) is 0. The second-order valence-electron chi connectivity index (χ2n) is 8.44. The third-order valence-electron chi connectivity index (χ3n) is 7.42. The fraction of sp³-hybridized carbons (Fsp3) is 0. The SMILES string of the molecule is c1cc2c3cccc4c5ccc6ccc7ccc8c(c1)c2c(c34)c1c8c7c6c51. The Bertz CT molecular complexity index is 1860. The number of hydrogen-bond donors (Lipinski definition) is 0. The van der Waals surface area contributed by atoms with E-state index in [2.05, 4.69) is 72.8 Å². The molecule has 9 aromatic rings. The van der Waals surface area contributed by atoms with E-state index in [-0.39, 0.29) is 0 Å². The Morgan fingerprint density at radius 1 is 0.250 bits per heavy atom. The monoisotopic (exact) mass is 348 g/mol. The quantitative estimate of drug-likeness (QED) is 0.243. The third-order valence-corrected chi connectivity index (χ3v) is 7.42. The van der Waals surface area contributed by atoms with Crippen molar-refractivity contribution in [3.05, 3.63) is 72.8 Å². The van der Waals surface area contributed by atoms with E-state index in [0.717, 1.165) is 0 Å². The Morgan fingerprint density at radius 2 is 0.607 bits per heavy atom. The van der Waals surface area contributed by atoms with Crippen LogP contribution in [0.3, 0.4) is 0 Å². The largest absolute Gasteiger partial charge is 0.0610 e. The maximum Gasteiger partial charge on any atom is -0.0000491 e. The molecule has 0 N–H and O–H groups in total. The summed E-state index contributed by atoms with van der Waals surface area (Å²) in [6.07, 6.45) is 0. The summed E-state index contributed by atoms with van der Waals surface area (Å²) in [5, 5.41) is 23.0. The summed E-state index contributed by atoms with van der Waals surface area (Å²) < 4.78 is 0. The molecule has 0 radical (unpaired) electrons. The van der Waals surface area contributed by atoms with Gasteiger partial charge in [-0.05, 0) is 86.2 Å². The zero-order valence-electron chi connectivity index (χ0n) is 14.9. The molecule has 0 unspecified atom stereocenters. The zero-order chi connectivity index (χ0) is 17.7. The predicted molar refractivity (Wildman–Crippen MR) is 122 cm³/mol. The van der Waals surface area contributed by atoms with Crippen molar-refractivity contribution in [3.8, 4) is 0 Å². The van der Waals surface area contributed by atoms with Crippen LogP contribution in [0, 0.1) is 0 Å². The molecule has 28 heavy (non-hydrogen) atoms. The number of hydrogen-bond acceptors (Lipinski definition) is 0. The zero-order valence-corrected chi connectivity index (χ0v) is 14.9. The van der Waals surface area contributed by atoms with Crippen LogP contribution in [0.4, 0.5) is 0 Å². The summed E-state index contributed by atoms with van der Waals surface area (Å²) in [4.78, 5) is 0. The van der Waals surface area contributed by atoms with Crippen LogP contribution in [-0.2, 0) is 0 Å². The van der Waals surface area contributed by atoms with Crippen LogP contribution in [0.15, 0.2) is 72.8 Å². The maximum absolute atomic E-state index is 2.35. The Balaban J connectivity index is 1.94. The van der Waals surface area contributed by atoms with Crippen LogP contribution in [0.2, 0.25) is 0 Å². The van der Waals surface area contributed by atoms with E-state index in [1.54, 1.807) is 0 Å². The van der Waals surface area contributed by atoms with Crippen molar-refractivity contribution in [2.24, 2.45) is 0 Å². The van der Waals surface area contributed by atoms with E-state index < -0.39 is 0 Å². The molecule has 0 nitrogen and oxygen atoms in total. The van der Waals surface area contributed by atoms with E-state index in [1.165, 1.54) is 86.2 Å². The molecule has 0 amide bonds. The van der Waals surface area contributed by atoms with Gasteiger partial charge in [0.15, 0.2) is 0 Å². The molecule has 0 saturated carbocycles. The van der Waals surface area contributed by atoms with Crippen LogP contribution in [0.1, 0.15) is 0 Å². The molecule has 0 heterocycles. The van der Waals surface area contributed by atoms with Crippen molar-refractivity contribution in [1.29, 1.82) is 0 Å². The second kappa shape index (κ2) is 3.68. The van der Waals surface area contributed by atoms with Gasteiger partial charge in [-0.2, -0.15) is 0 Å². The third kappa shape index (κ3) is 1.03. The Labute approximate surface area is 159 Å². The lowest BCUT2D eigenvalue weighted by atomic mass is 9.91. The standard InChI is InChI=1S/C28H12/c1-3-15-16-4-2-6-18-20-12-10-14-8-7-13-9-11-19-17(5-1)23(15)27(24(16)18)28-25(19)21(13)22(14)26(20)28/h1-12H. The van der Waals surface area contributed by atoms with Crippen molar-refractivity contribution in [2.45, 2.75) is 0 Å². The molecule has 0 heteroatoms. The Morgan fingerprint density at radius 3 is 1.07 bits per heavy atom. The first-order valence-electron chi connectivity index (χ1n) is 9.97. The average molecular weight is 348 g/mol. The lowest BCUT2D eigenvalue weighted by Gasteiger charge is -2.11. The van der Waals surface area contributed by atoms with Gasteiger partial charge in [-0.25, -0.2) is 0 Å². The molecule has 0 spiro atoms. The highest BCUT2D eigenvalue weighted by atomic mass is 14.3. The van der Waals surface area contributed by atoms with Gasteiger partial charge >= 0.3 is 0 Å². The van der Waals surface area contributed by atoms with Gasteiger partial charge in [-0.1, -0.05) is 72.8 Å². The van der Waals surface area contributed by atoms with Gasteiger partial charge in [-0.15, -0.1) is 0 Å². The van der Waals surface area contributed by atoms with Gasteiger partial charge in [0.1, 0.15) is 0 Å². The highest BCUT2D eigenvalue weighted by Gasteiger charge is 2.27. The Kier molecular flexibility index (Phi) is 1.67. The van der Waals surface area contributed by atoms with Crippen LogP contribution in [0.25, 0.3) is 86.2 Å². The molecular weight excluding hydrogens is 336 g/mol. The molecule has 0 aliphatic rings. The van der Waals surface area contributed by atoms with Gasteiger partial charge in [0.2, 0.25) is 0 Å². The minimum Gasteiger partial charge on any atom is -0.0610 e. The van der Waals surface area contributed by atoms with E-state index in [9.17, 15) is 0 Å². The number of fused-ring (bicyclic) bond motifs is 3. The molecule has 0 aliphatic carbocycles. The average Bonchev–Trinajstić information content (AvgIpc) is 3.28. The van der Waals surface area contributed by atoms with Gasteiger partial charge < -0.3 is 0 Å². The van der Waals surface area contributed by atoms with Crippen LogP contribution in [-0.4, -0.2) is 0 Å². The fourth-order valence-corrected chi connectivity index (χ4v) is 6.49. The normalized spacial score (nSPS) is 13.7. The van der Waals surface area contributed by atoms with Crippen molar-refractivity contribution in [2.75, 3.05) is 0 Å². The summed E-state index contributed by atoms with van der Waals surface area (Å²) in [5.74, 6) is 0. The Hall–Kier alpha value is -3.64. The van der Waals surface area contributed by atoms with Gasteiger partial charge in [0.05, 0.1) is 0 Å². The van der Waals surface area contributed by atoms with Crippen molar-refractivity contribution >= 4 is 86.2 Å². The summed E-state index contributed by atoms with van der Waals surface area (Å²) in [5.41, 5.74) is 0. The first-order chi connectivity index (χ1) is 13.9. The molecule has 0 bridgehead atoms. The second-order valence-corrected chi connectivity index (χ2v) is 8.44. The van der Waals surface area contributed by atoms with Crippen molar-refractivity contribution in [3.63, 3.8) is 0 Å². The number of rotatable bonds is 0. The first kappa shape index (κ1) is 12.7. The van der Waals surface area contributed by atoms with Gasteiger partial charge in [0.25, 0.3) is 0 Å². The van der Waals surface area contributed by atoms with Crippen LogP contribution >= 0.6 is 0 Å². The predicted octanol–water partition coefficient (Wildman–Crippen LogP) is 8.10.